The summed E-state index contributed by atoms with van der Waals surface area (Å²) in [5, 5.41) is 0. The second-order valence-electron chi connectivity index (χ2n) is 3.73. The summed E-state index contributed by atoms with van der Waals surface area (Å²) < 4.78 is 44.2. The van der Waals surface area contributed by atoms with Gasteiger partial charge in [-0.3, -0.25) is 4.98 Å². The fourth-order valence-electron chi connectivity index (χ4n) is 1.62. The molecule has 0 aliphatic heterocycles. The highest BCUT2D eigenvalue weighted by atomic mass is 19.2. The third-order valence-electron chi connectivity index (χ3n) is 2.54. The molecule has 7 heteroatoms. The minimum Gasteiger partial charge on any atom is -0.480 e. The Hall–Kier alpha value is -2.15. The largest absolute Gasteiger partial charge is 0.480 e. The lowest BCUT2D eigenvalue weighted by atomic mass is 10.0. The third-order valence-corrected chi connectivity index (χ3v) is 2.54. The van der Waals surface area contributed by atoms with Crippen molar-refractivity contribution in [1.29, 1.82) is 0 Å². The van der Waals surface area contributed by atoms with Gasteiger partial charge in [0.25, 0.3) is 0 Å². The SMILES string of the molecule is COc1nccnc1C(N)c1cc(F)c(F)c(F)c1. The van der Waals surface area contributed by atoms with E-state index >= 15 is 0 Å². The molecule has 0 amide bonds. The van der Waals surface area contributed by atoms with Crippen molar-refractivity contribution in [3.05, 3.63) is 53.2 Å². The zero-order chi connectivity index (χ0) is 14.0. The van der Waals surface area contributed by atoms with Crippen LogP contribution in [0.4, 0.5) is 13.2 Å². The first-order valence-corrected chi connectivity index (χ1v) is 5.29. The maximum Gasteiger partial charge on any atom is 0.237 e. The molecule has 0 spiro atoms. The van der Waals surface area contributed by atoms with Crippen LogP contribution in [0.1, 0.15) is 17.3 Å². The number of aromatic nitrogens is 2. The highest BCUT2D eigenvalue weighted by Gasteiger charge is 2.20. The van der Waals surface area contributed by atoms with Crippen molar-refractivity contribution in [3.63, 3.8) is 0 Å². The van der Waals surface area contributed by atoms with Gasteiger partial charge in [-0.15, -0.1) is 0 Å². The Morgan fingerprint density at radius 2 is 1.68 bits per heavy atom. The number of hydrogen-bond donors (Lipinski definition) is 1. The van der Waals surface area contributed by atoms with Gasteiger partial charge in [0.15, 0.2) is 17.5 Å². The lowest BCUT2D eigenvalue weighted by Crippen LogP contribution is -2.16. The van der Waals surface area contributed by atoms with Crippen molar-refractivity contribution >= 4 is 0 Å². The van der Waals surface area contributed by atoms with Crippen molar-refractivity contribution in [3.8, 4) is 5.88 Å². The Morgan fingerprint density at radius 1 is 1.11 bits per heavy atom. The van der Waals surface area contributed by atoms with Gasteiger partial charge in [-0.05, 0) is 17.7 Å². The van der Waals surface area contributed by atoms with E-state index in [4.69, 9.17) is 10.5 Å². The van der Waals surface area contributed by atoms with Gasteiger partial charge in [-0.1, -0.05) is 0 Å². The molecule has 0 saturated heterocycles. The molecule has 1 unspecified atom stereocenters. The smallest absolute Gasteiger partial charge is 0.237 e. The molecule has 0 aliphatic carbocycles. The summed E-state index contributed by atoms with van der Waals surface area (Å²) in [7, 11) is 1.37. The highest BCUT2D eigenvalue weighted by molar-refractivity contribution is 5.33. The van der Waals surface area contributed by atoms with Crippen LogP contribution >= 0.6 is 0 Å². The fourth-order valence-corrected chi connectivity index (χ4v) is 1.62. The summed E-state index contributed by atoms with van der Waals surface area (Å²) in [4.78, 5) is 7.84. The number of nitrogens with zero attached hydrogens (tertiary/aromatic N) is 2. The Balaban J connectivity index is 2.47. The topological polar surface area (TPSA) is 61.0 Å². The quantitative estimate of drug-likeness (QED) is 0.865. The van der Waals surface area contributed by atoms with E-state index in [2.05, 4.69) is 9.97 Å². The summed E-state index contributed by atoms with van der Waals surface area (Å²) in [5.74, 6) is -4.02. The Bertz CT molecular complexity index is 584. The van der Waals surface area contributed by atoms with Crippen molar-refractivity contribution in [2.75, 3.05) is 7.11 Å². The van der Waals surface area contributed by atoms with Crippen LogP contribution < -0.4 is 10.5 Å². The van der Waals surface area contributed by atoms with Crippen molar-refractivity contribution in [2.45, 2.75) is 6.04 Å². The molecule has 100 valence electrons. The number of methoxy groups -OCH3 is 1. The lowest BCUT2D eigenvalue weighted by molar-refractivity contribution is 0.386. The monoisotopic (exact) mass is 269 g/mol. The van der Waals surface area contributed by atoms with E-state index in [1.165, 1.54) is 19.5 Å². The average Bonchev–Trinajstić information content (AvgIpc) is 2.43. The molecule has 19 heavy (non-hydrogen) atoms. The summed E-state index contributed by atoms with van der Waals surface area (Å²) in [6.45, 7) is 0. The first-order valence-electron chi connectivity index (χ1n) is 5.29. The van der Waals surface area contributed by atoms with Crippen LogP contribution in [0.5, 0.6) is 5.88 Å². The third kappa shape index (κ3) is 2.50. The normalized spacial score (nSPS) is 12.3. The van der Waals surface area contributed by atoms with Gasteiger partial charge in [0.05, 0.1) is 13.2 Å². The molecule has 0 fully saturated rings. The number of hydrogen-bond acceptors (Lipinski definition) is 4. The van der Waals surface area contributed by atoms with Gasteiger partial charge in [0, 0.05) is 12.4 Å². The number of ether oxygens (including phenoxy) is 1. The van der Waals surface area contributed by atoms with Crippen molar-refractivity contribution in [2.24, 2.45) is 5.73 Å². The minimum atomic E-state index is -1.54. The van der Waals surface area contributed by atoms with E-state index in [9.17, 15) is 13.2 Å². The summed E-state index contributed by atoms with van der Waals surface area (Å²) in [6, 6.07) is 0.655. The standard InChI is InChI=1S/C12H10F3N3O/c1-19-12-11(17-2-3-18-12)10(16)6-4-7(13)9(15)8(14)5-6/h2-5,10H,16H2,1H3. The van der Waals surface area contributed by atoms with Crippen LogP contribution in [0.3, 0.4) is 0 Å². The van der Waals surface area contributed by atoms with Gasteiger partial charge >= 0.3 is 0 Å². The molecule has 1 heterocycles. The molecule has 1 aromatic heterocycles. The molecule has 0 aliphatic rings. The van der Waals surface area contributed by atoms with Gasteiger partial charge in [-0.25, -0.2) is 18.2 Å². The average molecular weight is 269 g/mol. The molecule has 2 N–H and O–H groups in total. The first-order chi connectivity index (χ1) is 9.04. The number of nitrogens with two attached hydrogens (primary N) is 1. The molecule has 2 rings (SSSR count). The van der Waals surface area contributed by atoms with Gasteiger partial charge < -0.3 is 10.5 Å². The van der Waals surface area contributed by atoms with E-state index in [0.29, 0.717) is 0 Å². The fraction of sp³-hybridized carbons (Fsp3) is 0.167. The Labute approximate surface area is 107 Å². The number of benzene rings is 1. The zero-order valence-electron chi connectivity index (χ0n) is 9.90. The summed E-state index contributed by atoms with van der Waals surface area (Å²) >= 11 is 0. The molecule has 1 atom stereocenters. The Kier molecular flexibility index (Phi) is 3.66. The predicted molar refractivity (Wildman–Crippen MR) is 60.9 cm³/mol. The van der Waals surface area contributed by atoms with Crippen LogP contribution in [0.15, 0.2) is 24.5 Å². The second kappa shape index (κ2) is 5.23. The van der Waals surface area contributed by atoms with Crippen LogP contribution in [0.2, 0.25) is 0 Å². The van der Waals surface area contributed by atoms with Gasteiger partial charge in [0.1, 0.15) is 5.69 Å². The van der Waals surface area contributed by atoms with Crippen LogP contribution in [0.25, 0.3) is 0 Å². The number of halogens is 3. The van der Waals surface area contributed by atoms with E-state index in [0.717, 1.165) is 12.1 Å². The van der Waals surface area contributed by atoms with Gasteiger partial charge in [0.2, 0.25) is 5.88 Å². The maximum atomic E-state index is 13.2. The lowest BCUT2D eigenvalue weighted by Gasteiger charge is -2.14. The van der Waals surface area contributed by atoms with Crippen molar-refractivity contribution < 1.29 is 17.9 Å². The molecular weight excluding hydrogens is 259 g/mol. The van der Waals surface area contributed by atoms with E-state index in [-0.39, 0.29) is 17.1 Å². The molecule has 0 radical (unpaired) electrons. The van der Waals surface area contributed by atoms with Crippen LogP contribution in [0, 0.1) is 17.5 Å². The summed E-state index contributed by atoms with van der Waals surface area (Å²) in [6.07, 6.45) is 2.76. The van der Waals surface area contributed by atoms with Gasteiger partial charge in [-0.2, -0.15) is 0 Å². The molecule has 0 saturated carbocycles. The first kappa shape index (κ1) is 13.3. The van der Waals surface area contributed by atoms with E-state index in [1.54, 1.807) is 0 Å². The predicted octanol–water partition coefficient (Wildman–Crippen LogP) is 1.95. The van der Waals surface area contributed by atoms with Crippen LogP contribution in [-0.2, 0) is 0 Å². The van der Waals surface area contributed by atoms with E-state index in [1.807, 2.05) is 0 Å². The Morgan fingerprint density at radius 3 is 2.26 bits per heavy atom. The van der Waals surface area contributed by atoms with Crippen molar-refractivity contribution in [1.82, 2.24) is 9.97 Å². The summed E-state index contributed by atoms with van der Waals surface area (Å²) in [5.41, 5.74) is 6.08. The zero-order valence-corrected chi connectivity index (χ0v) is 9.90. The van der Waals surface area contributed by atoms with E-state index < -0.39 is 23.5 Å². The highest BCUT2D eigenvalue weighted by Crippen LogP contribution is 2.26. The number of rotatable bonds is 3. The maximum absolute atomic E-state index is 13.2. The van der Waals surface area contributed by atoms with Crippen LogP contribution in [-0.4, -0.2) is 17.1 Å². The molecule has 2 aromatic rings. The molecule has 4 nitrogen and oxygen atoms in total. The minimum absolute atomic E-state index is 0.0372. The molecular formula is C12H10F3N3O. The molecule has 0 bridgehead atoms. The molecule has 1 aromatic carbocycles. The second-order valence-corrected chi connectivity index (χ2v) is 3.73.